The zero-order valence-electron chi connectivity index (χ0n) is 9.68. The SMILES string of the molecule is Cc1ccc2c(c1)sc1nnc(CCCN)n12. The maximum atomic E-state index is 5.54. The minimum Gasteiger partial charge on any atom is -0.330 e. The first-order valence-electron chi connectivity index (χ1n) is 5.73. The van der Waals surface area contributed by atoms with Crippen LogP contribution >= 0.6 is 11.3 Å². The van der Waals surface area contributed by atoms with E-state index in [4.69, 9.17) is 5.73 Å². The van der Waals surface area contributed by atoms with E-state index in [0.29, 0.717) is 6.54 Å². The molecule has 0 fully saturated rings. The summed E-state index contributed by atoms with van der Waals surface area (Å²) in [5, 5.41) is 8.46. The third-order valence-electron chi connectivity index (χ3n) is 2.86. The van der Waals surface area contributed by atoms with E-state index in [2.05, 4.69) is 39.7 Å². The lowest BCUT2D eigenvalue weighted by atomic mass is 10.2. The third kappa shape index (κ3) is 1.71. The Balaban J connectivity index is 2.21. The van der Waals surface area contributed by atoms with Crippen molar-refractivity contribution in [3.05, 3.63) is 29.6 Å². The number of benzene rings is 1. The van der Waals surface area contributed by atoms with Crippen molar-refractivity contribution in [2.24, 2.45) is 5.73 Å². The normalized spacial score (nSPS) is 11.6. The first kappa shape index (κ1) is 10.7. The summed E-state index contributed by atoms with van der Waals surface area (Å²) in [5.74, 6) is 1.01. The Labute approximate surface area is 103 Å². The van der Waals surface area contributed by atoms with Crippen LogP contribution in [0.1, 0.15) is 17.8 Å². The van der Waals surface area contributed by atoms with Gasteiger partial charge in [0.2, 0.25) is 4.96 Å². The minimum absolute atomic E-state index is 0.691. The predicted octanol–water partition coefficient (Wildman–Crippen LogP) is 2.14. The van der Waals surface area contributed by atoms with Gasteiger partial charge in [-0.05, 0) is 37.6 Å². The summed E-state index contributed by atoms with van der Waals surface area (Å²) < 4.78 is 3.42. The molecule has 0 amide bonds. The largest absolute Gasteiger partial charge is 0.330 e. The van der Waals surface area contributed by atoms with Crippen LogP contribution in [0.5, 0.6) is 0 Å². The second-order valence-corrected chi connectivity index (χ2v) is 5.21. The molecule has 2 aromatic heterocycles. The number of nitrogens with zero attached hydrogens (tertiary/aromatic N) is 3. The molecule has 0 aliphatic rings. The van der Waals surface area contributed by atoms with Gasteiger partial charge in [-0.2, -0.15) is 0 Å². The van der Waals surface area contributed by atoms with Crippen LogP contribution in [0.25, 0.3) is 15.2 Å². The molecule has 3 aromatic rings. The summed E-state index contributed by atoms with van der Waals surface area (Å²) >= 11 is 1.69. The minimum atomic E-state index is 0.691. The van der Waals surface area contributed by atoms with Crippen LogP contribution in [0.4, 0.5) is 0 Å². The zero-order valence-corrected chi connectivity index (χ0v) is 10.5. The van der Waals surface area contributed by atoms with E-state index in [1.54, 1.807) is 11.3 Å². The molecule has 0 radical (unpaired) electrons. The third-order valence-corrected chi connectivity index (χ3v) is 3.86. The highest BCUT2D eigenvalue weighted by Crippen LogP contribution is 2.27. The summed E-state index contributed by atoms with van der Waals surface area (Å²) in [6.07, 6.45) is 1.83. The Hall–Kier alpha value is -1.46. The second kappa shape index (κ2) is 4.09. The molecule has 2 heterocycles. The molecule has 0 saturated heterocycles. The number of aryl methyl sites for hydroxylation is 2. The van der Waals surface area contributed by atoms with Gasteiger partial charge in [-0.15, -0.1) is 10.2 Å². The Kier molecular flexibility index (Phi) is 2.57. The Bertz CT molecular complexity index is 668. The molecule has 0 unspecified atom stereocenters. The summed E-state index contributed by atoms with van der Waals surface area (Å²) in [6, 6.07) is 6.46. The van der Waals surface area contributed by atoms with Gasteiger partial charge >= 0.3 is 0 Å². The van der Waals surface area contributed by atoms with Gasteiger partial charge in [0.1, 0.15) is 5.82 Å². The second-order valence-electron chi connectivity index (χ2n) is 4.20. The Morgan fingerprint density at radius 1 is 1.35 bits per heavy atom. The van der Waals surface area contributed by atoms with Gasteiger partial charge in [-0.25, -0.2) is 0 Å². The van der Waals surface area contributed by atoms with Gasteiger partial charge in [0.15, 0.2) is 0 Å². The predicted molar refractivity (Wildman–Crippen MR) is 70.5 cm³/mol. The number of rotatable bonds is 3. The maximum absolute atomic E-state index is 5.54. The van der Waals surface area contributed by atoms with E-state index in [0.717, 1.165) is 23.6 Å². The van der Waals surface area contributed by atoms with Crippen molar-refractivity contribution >= 4 is 26.5 Å². The highest BCUT2D eigenvalue weighted by Gasteiger charge is 2.11. The highest BCUT2D eigenvalue weighted by atomic mass is 32.1. The summed E-state index contributed by atoms with van der Waals surface area (Å²) in [6.45, 7) is 2.80. The topological polar surface area (TPSA) is 56.2 Å². The standard InChI is InChI=1S/C12H14N4S/c1-8-4-5-9-10(7-8)17-12-15-14-11(16(9)12)3-2-6-13/h4-5,7H,2-3,6,13H2,1H3. The number of hydrogen-bond acceptors (Lipinski definition) is 4. The number of aromatic nitrogens is 3. The van der Waals surface area contributed by atoms with E-state index >= 15 is 0 Å². The molecule has 17 heavy (non-hydrogen) atoms. The lowest BCUT2D eigenvalue weighted by Crippen LogP contribution is -2.02. The molecule has 3 rings (SSSR count). The van der Waals surface area contributed by atoms with Gasteiger partial charge < -0.3 is 5.73 Å². The highest BCUT2D eigenvalue weighted by molar-refractivity contribution is 7.23. The van der Waals surface area contributed by atoms with Crippen molar-refractivity contribution in [3.8, 4) is 0 Å². The van der Waals surface area contributed by atoms with Crippen molar-refractivity contribution < 1.29 is 0 Å². The quantitative estimate of drug-likeness (QED) is 0.770. The monoisotopic (exact) mass is 246 g/mol. The Morgan fingerprint density at radius 2 is 2.24 bits per heavy atom. The maximum Gasteiger partial charge on any atom is 0.217 e. The van der Waals surface area contributed by atoms with Crippen molar-refractivity contribution in [2.75, 3.05) is 6.54 Å². The van der Waals surface area contributed by atoms with Crippen molar-refractivity contribution in [1.82, 2.24) is 14.6 Å². The van der Waals surface area contributed by atoms with Gasteiger partial charge in [-0.3, -0.25) is 4.40 Å². The lowest BCUT2D eigenvalue weighted by Gasteiger charge is -1.98. The number of thiazole rings is 1. The fraction of sp³-hybridized carbons (Fsp3) is 0.333. The number of nitrogens with two attached hydrogens (primary N) is 1. The molecule has 0 atom stereocenters. The van der Waals surface area contributed by atoms with Crippen molar-refractivity contribution in [1.29, 1.82) is 0 Å². The van der Waals surface area contributed by atoms with E-state index in [-0.39, 0.29) is 0 Å². The molecule has 2 N–H and O–H groups in total. The zero-order chi connectivity index (χ0) is 11.8. The van der Waals surface area contributed by atoms with Gasteiger partial charge in [-0.1, -0.05) is 17.4 Å². The molecular weight excluding hydrogens is 232 g/mol. The number of fused-ring (bicyclic) bond motifs is 3. The summed E-state index contributed by atoms with van der Waals surface area (Å²) in [7, 11) is 0. The molecule has 5 heteroatoms. The van der Waals surface area contributed by atoms with E-state index in [1.807, 2.05) is 0 Å². The van der Waals surface area contributed by atoms with Crippen LogP contribution in [0, 0.1) is 6.92 Å². The molecular formula is C12H14N4S. The van der Waals surface area contributed by atoms with Crippen molar-refractivity contribution in [3.63, 3.8) is 0 Å². The van der Waals surface area contributed by atoms with Crippen LogP contribution in [0.2, 0.25) is 0 Å². The van der Waals surface area contributed by atoms with E-state index < -0.39 is 0 Å². The summed E-state index contributed by atoms with van der Waals surface area (Å²) in [4.78, 5) is 0.970. The fourth-order valence-electron chi connectivity index (χ4n) is 2.02. The number of hydrogen-bond donors (Lipinski definition) is 1. The van der Waals surface area contributed by atoms with Gasteiger partial charge in [0, 0.05) is 6.42 Å². The van der Waals surface area contributed by atoms with E-state index in [1.165, 1.54) is 15.8 Å². The van der Waals surface area contributed by atoms with Crippen LogP contribution in [-0.2, 0) is 6.42 Å². The average Bonchev–Trinajstić information content (AvgIpc) is 2.84. The van der Waals surface area contributed by atoms with Gasteiger partial charge in [0.25, 0.3) is 0 Å². The van der Waals surface area contributed by atoms with Crippen molar-refractivity contribution in [2.45, 2.75) is 19.8 Å². The van der Waals surface area contributed by atoms with Crippen LogP contribution < -0.4 is 5.73 Å². The molecule has 0 saturated carbocycles. The first-order chi connectivity index (χ1) is 8.29. The lowest BCUT2D eigenvalue weighted by molar-refractivity contribution is 0.775. The molecule has 88 valence electrons. The van der Waals surface area contributed by atoms with Gasteiger partial charge in [0.05, 0.1) is 10.2 Å². The molecule has 1 aromatic carbocycles. The van der Waals surface area contributed by atoms with E-state index in [9.17, 15) is 0 Å². The molecule has 0 bridgehead atoms. The molecule has 0 aliphatic carbocycles. The molecule has 4 nitrogen and oxygen atoms in total. The van der Waals surface area contributed by atoms with Crippen LogP contribution in [-0.4, -0.2) is 21.1 Å². The fourth-order valence-corrected chi connectivity index (χ4v) is 3.10. The summed E-state index contributed by atoms with van der Waals surface area (Å²) in [5.41, 5.74) is 8.02. The first-order valence-corrected chi connectivity index (χ1v) is 6.54. The molecule has 0 aliphatic heterocycles. The average molecular weight is 246 g/mol. The smallest absolute Gasteiger partial charge is 0.217 e. The molecule has 0 spiro atoms. The Morgan fingerprint density at radius 3 is 3.06 bits per heavy atom. The van der Waals surface area contributed by atoms with Crippen LogP contribution in [0.3, 0.4) is 0 Å². The van der Waals surface area contributed by atoms with Crippen LogP contribution in [0.15, 0.2) is 18.2 Å².